The maximum absolute atomic E-state index is 3.36. The van der Waals surface area contributed by atoms with Crippen LogP contribution in [0.3, 0.4) is 0 Å². The molecule has 0 aromatic carbocycles. The number of unbranched alkanes of at least 4 members (excludes halogenated alkanes) is 1. The molecule has 0 unspecified atom stereocenters. The Hall–Kier alpha value is -0.0400. The molecule has 0 saturated heterocycles. The van der Waals surface area contributed by atoms with E-state index in [1.165, 1.54) is 25.7 Å². The predicted octanol–water partition coefficient (Wildman–Crippen LogP) is 2.56. The lowest BCUT2D eigenvalue weighted by molar-refractivity contribution is 0.335. The maximum Gasteiger partial charge on any atom is 0.0147 e. The molecule has 10 heavy (non-hydrogen) atoms. The van der Waals surface area contributed by atoms with Crippen molar-refractivity contribution in [3.8, 4) is 0 Å². The van der Waals surface area contributed by atoms with Crippen LogP contribution in [0.2, 0.25) is 0 Å². The first-order valence-corrected chi connectivity index (χ1v) is 4.37. The van der Waals surface area contributed by atoms with Crippen LogP contribution in [0.1, 0.15) is 46.5 Å². The zero-order valence-corrected chi connectivity index (χ0v) is 7.83. The van der Waals surface area contributed by atoms with Crippen LogP contribution in [0.25, 0.3) is 0 Å². The Bertz CT molecular complexity index is 74.8. The molecule has 0 spiro atoms. The van der Waals surface area contributed by atoms with Gasteiger partial charge >= 0.3 is 0 Å². The van der Waals surface area contributed by atoms with Crippen LogP contribution in [0.15, 0.2) is 0 Å². The van der Waals surface area contributed by atoms with Crippen LogP contribution >= 0.6 is 0 Å². The van der Waals surface area contributed by atoms with E-state index in [1.807, 2.05) is 0 Å². The average molecular weight is 143 g/mol. The first kappa shape index (κ1) is 9.96. The second-order valence-corrected chi connectivity index (χ2v) is 3.27. The normalized spacial score (nSPS) is 16.8. The van der Waals surface area contributed by atoms with Gasteiger partial charge in [0, 0.05) is 5.54 Å². The average Bonchev–Trinajstić information content (AvgIpc) is 2.00. The SMILES string of the molecule is CCCC[C@@](C)(CC)NC. The summed E-state index contributed by atoms with van der Waals surface area (Å²) >= 11 is 0. The molecule has 0 aliphatic carbocycles. The van der Waals surface area contributed by atoms with Crippen molar-refractivity contribution < 1.29 is 0 Å². The third kappa shape index (κ3) is 3.21. The van der Waals surface area contributed by atoms with Crippen molar-refractivity contribution >= 4 is 0 Å². The molecule has 1 heteroatoms. The van der Waals surface area contributed by atoms with E-state index in [-0.39, 0.29) is 0 Å². The lowest BCUT2D eigenvalue weighted by Gasteiger charge is -2.27. The minimum absolute atomic E-state index is 0.385. The zero-order valence-electron chi connectivity index (χ0n) is 7.83. The molecule has 0 amide bonds. The van der Waals surface area contributed by atoms with E-state index in [4.69, 9.17) is 0 Å². The fourth-order valence-corrected chi connectivity index (χ4v) is 1.05. The number of nitrogens with one attached hydrogen (secondary N) is 1. The molecule has 0 bridgehead atoms. The van der Waals surface area contributed by atoms with Crippen molar-refractivity contribution in [1.82, 2.24) is 5.32 Å². The van der Waals surface area contributed by atoms with Crippen LogP contribution in [0.5, 0.6) is 0 Å². The topological polar surface area (TPSA) is 12.0 Å². The standard InChI is InChI=1S/C9H21N/c1-5-7-8-9(3,6-2)10-4/h10H,5-8H2,1-4H3/t9-/m1/s1. The van der Waals surface area contributed by atoms with Gasteiger partial charge in [-0.1, -0.05) is 26.7 Å². The summed E-state index contributed by atoms with van der Waals surface area (Å²) in [6.07, 6.45) is 5.17. The van der Waals surface area contributed by atoms with Gasteiger partial charge in [-0.05, 0) is 26.8 Å². The van der Waals surface area contributed by atoms with E-state index in [9.17, 15) is 0 Å². The van der Waals surface area contributed by atoms with Gasteiger partial charge in [0.1, 0.15) is 0 Å². The first-order chi connectivity index (χ1) is 4.68. The van der Waals surface area contributed by atoms with Crippen LogP contribution in [0.4, 0.5) is 0 Å². The second-order valence-electron chi connectivity index (χ2n) is 3.27. The molecule has 0 aliphatic heterocycles. The summed E-state index contributed by atoms with van der Waals surface area (Å²) in [7, 11) is 2.05. The number of hydrogen-bond acceptors (Lipinski definition) is 1. The quantitative estimate of drug-likeness (QED) is 0.623. The summed E-state index contributed by atoms with van der Waals surface area (Å²) in [5.74, 6) is 0. The highest BCUT2D eigenvalue weighted by molar-refractivity contribution is 4.78. The fraction of sp³-hybridized carbons (Fsp3) is 1.00. The summed E-state index contributed by atoms with van der Waals surface area (Å²) in [5, 5.41) is 3.36. The first-order valence-electron chi connectivity index (χ1n) is 4.37. The van der Waals surface area contributed by atoms with E-state index in [2.05, 4.69) is 33.1 Å². The van der Waals surface area contributed by atoms with Crippen LogP contribution < -0.4 is 5.32 Å². The minimum atomic E-state index is 0.385. The summed E-state index contributed by atoms with van der Waals surface area (Å²) in [6.45, 7) is 6.78. The molecule has 0 fully saturated rings. The lowest BCUT2D eigenvalue weighted by Crippen LogP contribution is -2.38. The van der Waals surface area contributed by atoms with Crippen LogP contribution in [-0.4, -0.2) is 12.6 Å². The summed E-state index contributed by atoms with van der Waals surface area (Å²) in [4.78, 5) is 0. The van der Waals surface area contributed by atoms with Crippen LogP contribution in [-0.2, 0) is 0 Å². The molecular weight excluding hydrogens is 122 g/mol. The predicted molar refractivity (Wildman–Crippen MR) is 47.3 cm³/mol. The van der Waals surface area contributed by atoms with Crippen LogP contribution in [0, 0.1) is 0 Å². The summed E-state index contributed by atoms with van der Waals surface area (Å²) in [6, 6.07) is 0. The van der Waals surface area contributed by atoms with E-state index in [0.29, 0.717) is 5.54 Å². The van der Waals surface area contributed by atoms with Crippen molar-refractivity contribution in [2.45, 2.75) is 52.0 Å². The molecule has 0 aliphatic rings. The lowest BCUT2D eigenvalue weighted by atomic mass is 9.92. The largest absolute Gasteiger partial charge is 0.315 e. The van der Waals surface area contributed by atoms with Gasteiger partial charge in [-0.25, -0.2) is 0 Å². The highest BCUT2D eigenvalue weighted by Gasteiger charge is 2.17. The van der Waals surface area contributed by atoms with Gasteiger partial charge in [0.25, 0.3) is 0 Å². The van der Waals surface area contributed by atoms with Gasteiger partial charge in [0.2, 0.25) is 0 Å². The zero-order chi connectivity index (χ0) is 8.04. The third-order valence-corrected chi connectivity index (χ3v) is 2.47. The highest BCUT2D eigenvalue weighted by Crippen LogP contribution is 2.16. The van der Waals surface area contributed by atoms with E-state index in [1.54, 1.807) is 0 Å². The molecule has 0 radical (unpaired) electrons. The van der Waals surface area contributed by atoms with E-state index in [0.717, 1.165) is 0 Å². The summed E-state index contributed by atoms with van der Waals surface area (Å²) < 4.78 is 0. The Balaban J connectivity index is 3.58. The Kier molecular flexibility index (Phi) is 4.71. The van der Waals surface area contributed by atoms with Gasteiger partial charge in [-0.15, -0.1) is 0 Å². The Morgan fingerprint density at radius 1 is 1.30 bits per heavy atom. The van der Waals surface area contributed by atoms with Crippen molar-refractivity contribution in [3.63, 3.8) is 0 Å². The molecule has 0 aromatic heterocycles. The second kappa shape index (κ2) is 4.73. The monoisotopic (exact) mass is 143 g/mol. The molecule has 0 heterocycles. The van der Waals surface area contributed by atoms with Gasteiger partial charge in [0.05, 0.1) is 0 Å². The minimum Gasteiger partial charge on any atom is -0.315 e. The smallest absolute Gasteiger partial charge is 0.0147 e. The molecule has 0 rings (SSSR count). The molecule has 1 nitrogen and oxygen atoms in total. The highest BCUT2D eigenvalue weighted by atomic mass is 14.9. The number of rotatable bonds is 5. The summed E-state index contributed by atoms with van der Waals surface area (Å²) in [5.41, 5.74) is 0.385. The van der Waals surface area contributed by atoms with E-state index < -0.39 is 0 Å². The number of hydrogen-bond donors (Lipinski definition) is 1. The molecule has 0 saturated carbocycles. The van der Waals surface area contributed by atoms with E-state index >= 15 is 0 Å². The van der Waals surface area contributed by atoms with Gasteiger partial charge in [-0.3, -0.25) is 0 Å². The van der Waals surface area contributed by atoms with Crippen molar-refractivity contribution in [2.75, 3.05) is 7.05 Å². The maximum atomic E-state index is 3.36. The van der Waals surface area contributed by atoms with Crippen molar-refractivity contribution in [2.24, 2.45) is 0 Å². The van der Waals surface area contributed by atoms with Gasteiger partial charge < -0.3 is 5.32 Å². The molecule has 1 atom stereocenters. The molecule has 0 aromatic rings. The molecule has 62 valence electrons. The van der Waals surface area contributed by atoms with Crippen molar-refractivity contribution in [1.29, 1.82) is 0 Å². The van der Waals surface area contributed by atoms with Crippen molar-refractivity contribution in [3.05, 3.63) is 0 Å². The van der Waals surface area contributed by atoms with Gasteiger partial charge in [-0.2, -0.15) is 0 Å². The molecule has 1 N–H and O–H groups in total. The Morgan fingerprint density at radius 2 is 1.90 bits per heavy atom. The Morgan fingerprint density at radius 3 is 2.20 bits per heavy atom. The Labute approximate surface area is 65.2 Å². The van der Waals surface area contributed by atoms with Gasteiger partial charge in [0.15, 0.2) is 0 Å². The fourth-order valence-electron chi connectivity index (χ4n) is 1.05. The molecular formula is C9H21N. The third-order valence-electron chi connectivity index (χ3n) is 2.47.